The number of methoxy groups -OCH3 is 1. The highest BCUT2D eigenvalue weighted by atomic mass is 16.5. The van der Waals surface area contributed by atoms with Crippen molar-refractivity contribution in [3.05, 3.63) is 29.6 Å². The van der Waals surface area contributed by atoms with E-state index >= 15 is 0 Å². The van der Waals surface area contributed by atoms with Crippen molar-refractivity contribution < 1.29 is 14.3 Å². The van der Waals surface area contributed by atoms with E-state index in [4.69, 9.17) is 15.2 Å². The van der Waals surface area contributed by atoms with Gasteiger partial charge in [0.2, 0.25) is 0 Å². The molecule has 1 heterocycles. The van der Waals surface area contributed by atoms with Gasteiger partial charge in [-0.3, -0.25) is 0 Å². The van der Waals surface area contributed by atoms with Crippen molar-refractivity contribution in [3.63, 3.8) is 0 Å². The van der Waals surface area contributed by atoms with Gasteiger partial charge >= 0.3 is 5.97 Å². The molecule has 1 aliphatic rings. The maximum absolute atomic E-state index is 12.0. The Morgan fingerprint density at radius 2 is 2.21 bits per heavy atom. The molecule has 5 heteroatoms. The molecule has 5 nitrogen and oxygen atoms in total. The zero-order chi connectivity index (χ0) is 13.7. The molecule has 1 aromatic heterocycles. The number of aromatic nitrogens is 1. The van der Waals surface area contributed by atoms with E-state index in [0.29, 0.717) is 12.2 Å². The molecule has 2 atom stereocenters. The Labute approximate surface area is 113 Å². The van der Waals surface area contributed by atoms with Crippen LogP contribution in [0.4, 0.5) is 0 Å². The monoisotopic (exact) mass is 264 g/mol. The Kier molecular flexibility index (Phi) is 4.87. The molecule has 0 aromatic carbocycles. The van der Waals surface area contributed by atoms with Crippen molar-refractivity contribution in [2.75, 3.05) is 7.11 Å². The van der Waals surface area contributed by atoms with Crippen molar-refractivity contribution in [3.8, 4) is 0 Å². The summed E-state index contributed by atoms with van der Waals surface area (Å²) in [5, 5.41) is 0. The Hall–Kier alpha value is -1.46. The van der Waals surface area contributed by atoms with Gasteiger partial charge in [0.25, 0.3) is 0 Å². The molecular weight excluding hydrogens is 244 g/mol. The highest BCUT2D eigenvalue weighted by Gasteiger charge is 2.25. The van der Waals surface area contributed by atoms with Crippen LogP contribution in [0.5, 0.6) is 0 Å². The molecule has 2 N–H and O–H groups in total. The molecule has 1 aliphatic carbocycles. The number of esters is 1. The fraction of sp³-hybridized carbons (Fsp3) is 0.571. The van der Waals surface area contributed by atoms with Crippen molar-refractivity contribution in [1.29, 1.82) is 0 Å². The molecule has 0 radical (unpaired) electrons. The average molecular weight is 264 g/mol. The highest BCUT2D eigenvalue weighted by molar-refractivity contribution is 5.87. The van der Waals surface area contributed by atoms with E-state index in [-0.39, 0.29) is 18.2 Å². The second-order valence-corrected chi connectivity index (χ2v) is 4.81. The Morgan fingerprint density at radius 3 is 2.84 bits per heavy atom. The summed E-state index contributed by atoms with van der Waals surface area (Å²) in [6, 6.07) is 3.45. The predicted octanol–water partition coefficient (Wildman–Crippen LogP) is 1.65. The first kappa shape index (κ1) is 14.0. The van der Waals surface area contributed by atoms with E-state index in [0.717, 1.165) is 31.2 Å². The molecule has 0 aliphatic heterocycles. The van der Waals surface area contributed by atoms with Gasteiger partial charge in [-0.25, -0.2) is 9.78 Å². The second-order valence-electron chi connectivity index (χ2n) is 4.81. The summed E-state index contributed by atoms with van der Waals surface area (Å²) in [6.07, 6.45) is 5.45. The Morgan fingerprint density at radius 1 is 1.42 bits per heavy atom. The lowest BCUT2D eigenvalue weighted by molar-refractivity contribution is -0.0153. The lowest BCUT2D eigenvalue weighted by atomic mass is 9.95. The first-order valence-electron chi connectivity index (χ1n) is 6.61. The quantitative estimate of drug-likeness (QED) is 0.837. The van der Waals surface area contributed by atoms with E-state index in [2.05, 4.69) is 4.98 Å². The average Bonchev–Trinajstić information content (AvgIpc) is 2.47. The van der Waals surface area contributed by atoms with E-state index in [1.807, 2.05) is 0 Å². The van der Waals surface area contributed by atoms with Gasteiger partial charge in [-0.1, -0.05) is 6.07 Å². The third kappa shape index (κ3) is 3.75. The largest absolute Gasteiger partial charge is 0.458 e. The Balaban J connectivity index is 1.92. The summed E-state index contributed by atoms with van der Waals surface area (Å²) >= 11 is 0. The molecule has 0 saturated heterocycles. The number of nitrogens with zero attached hydrogens (tertiary/aromatic N) is 1. The van der Waals surface area contributed by atoms with Crippen LogP contribution in [0.1, 0.15) is 41.7 Å². The second kappa shape index (κ2) is 6.63. The minimum Gasteiger partial charge on any atom is -0.458 e. The number of carbonyl (C=O) groups is 1. The van der Waals surface area contributed by atoms with Crippen LogP contribution >= 0.6 is 0 Å². The van der Waals surface area contributed by atoms with Crippen LogP contribution in [-0.2, 0) is 16.0 Å². The van der Waals surface area contributed by atoms with Crippen molar-refractivity contribution >= 4 is 5.97 Å². The van der Waals surface area contributed by atoms with Crippen LogP contribution in [0.2, 0.25) is 0 Å². The molecule has 0 amide bonds. The standard InChI is InChI=1S/C14H20N2O3/c1-18-11-3-2-4-12(7-11)19-14(17)13-6-5-10(8-15)9-16-13/h5-6,9,11-12H,2-4,7-8,15H2,1H3. The fourth-order valence-corrected chi connectivity index (χ4v) is 2.30. The number of hydrogen-bond acceptors (Lipinski definition) is 5. The first-order valence-corrected chi connectivity index (χ1v) is 6.61. The normalized spacial score (nSPS) is 23.1. The summed E-state index contributed by atoms with van der Waals surface area (Å²) in [6.45, 7) is 0.417. The summed E-state index contributed by atoms with van der Waals surface area (Å²) in [7, 11) is 1.70. The van der Waals surface area contributed by atoms with Gasteiger partial charge < -0.3 is 15.2 Å². The lowest BCUT2D eigenvalue weighted by Gasteiger charge is -2.27. The minimum absolute atomic E-state index is 0.0674. The maximum Gasteiger partial charge on any atom is 0.357 e. The fourth-order valence-electron chi connectivity index (χ4n) is 2.30. The number of ether oxygens (including phenoxy) is 2. The van der Waals surface area contributed by atoms with E-state index in [1.54, 1.807) is 25.4 Å². The predicted molar refractivity (Wildman–Crippen MR) is 70.6 cm³/mol. The molecule has 2 unspecified atom stereocenters. The van der Waals surface area contributed by atoms with E-state index in [1.165, 1.54) is 0 Å². The molecule has 0 spiro atoms. The molecule has 0 bridgehead atoms. The lowest BCUT2D eigenvalue weighted by Crippen LogP contribution is -2.29. The summed E-state index contributed by atoms with van der Waals surface area (Å²) in [4.78, 5) is 16.0. The highest BCUT2D eigenvalue weighted by Crippen LogP contribution is 2.23. The number of rotatable bonds is 4. The molecular formula is C14H20N2O3. The van der Waals surface area contributed by atoms with Gasteiger partial charge in [-0.15, -0.1) is 0 Å². The SMILES string of the molecule is COC1CCCC(OC(=O)c2ccc(CN)cn2)C1. The topological polar surface area (TPSA) is 74.4 Å². The zero-order valence-electron chi connectivity index (χ0n) is 11.2. The van der Waals surface area contributed by atoms with Crippen molar-refractivity contribution in [2.24, 2.45) is 5.73 Å². The van der Waals surface area contributed by atoms with Gasteiger partial charge in [0.15, 0.2) is 0 Å². The number of carbonyl (C=O) groups excluding carboxylic acids is 1. The van der Waals surface area contributed by atoms with Crippen LogP contribution < -0.4 is 5.73 Å². The van der Waals surface area contributed by atoms with Gasteiger partial charge in [0, 0.05) is 26.3 Å². The molecule has 1 saturated carbocycles. The van der Waals surface area contributed by atoms with Crippen LogP contribution in [0.15, 0.2) is 18.3 Å². The van der Waals surface area contributed by atoms with Gasteiger partial charge in [0.05, 0.1) is 6.10 Å². The summed E-state index contributed by atoms with van der Waals surface area (Å²) in [5.74, 6) is -0.370. The minimum atomic E-state index is -0.370. The van der Waals surface area contributed by atoms with Gasteiger partial charge in [-0.05, 0) is 30.9 Å². The van der Waals surface area contributed by atoms with Crippen LogP contribution in [0.3, 0.4) is 0 Å². The van der Waals surface area contributed by atoms with Crippen molar-refractivity contribution in [1.82, 2.24) is 4.98 Å². The van der Waals surface area contributed by atoms with Crippen molar-refractivity contribution in [2.45, 2.75) is 44.4 Å². The van der Waals surface area contributed by atoms with Crippen LogP contribution in [0.25, 0.3) is 0 Å². The third-order valence-corrected chi connectivity index (χ3v) is 3.45. The van der Waals surface area contributed by atoms with Crippen LogP contribution in [-0.4, -0.2) is 30.3 Å². The summed E-state index contributed by atoms with van der Waals surface area (Å²) < 4.78 is 10.8. The summed E-state index contributed by atoms with van der Waals surface area (Å²) in [5.41, 5.74) is 6.71. The van der Waals surface area contributed by atoms with Gasteiger partial charge in [0.1, 0.15) is 11.8 Å². The number of hydrogen-bond donors (Lipinski definition) is 1. The first-order chi connectivity index (χ1) is 9.22. The third-order valence-electron chi connectivity index (χ3n) is 3.45. The zero-order valence-corrected chi connectivity index (χ0v) is 11.2. The molecule has 104 valence electrons. The Bertz CT molecular complexity index is 419. The van der Waals surface area contributed by atoms with Crippen LogP contribution in [0, 0.1) is 0 Å². The van der Waals surface area contributed by atoms with E-state index in [9.17, 15) is 4.79 Å². The molecule has 2 rings (SSSR count). The molecule has 1 aromatic rings. The van der Waals surface area contributed by atoms with E-state index < -0.39 is 0 Å². The van der Waals surface area contributed by atoms with Gasteiger partial charge in [-0.2, -0.15) is 0 Å². The molecule has 19 heavy (non-hydrogen) atoms. The maximum atomic E-state index is 12.0. The molecule has 1 fully saturated rings. The smallest absolute Gasteiger partial charge is 0.357 e. The number of nitrogens with two attached hydrogens (primary N) is 1. The number of pyridine rings is 1.